The predicted molar refractivity (Wildman–Crippen MR) is 72.5 cm³/mol. The molecule has 2 nitrogen and oxygen atoms in total. The molecule has 0 amide bonds. The van der Waals surface area contributed by atoms with Gasteiger partial charge in [-0.25, -0.2) is 0 Å². The Hall–Kier alpha value is -1.49. The summed E-state index contributed by atoms with van der Waals surface area (Å²) >= 11 is 0. The van der Waals surface area contributed by atoms with E-state index in [1.54, 1.807) is 0 Å². The molecule has 110 valence electrons. The minimum atomic E-state index is -4.14. The molecule has 0 aliphatic rings. The first-order chi connectivity index (χ1) is 9.49. The standard InChI is InChI=1S/C15H18F3NO/c1-2-9-19-12(7-8-15(16,17)18)14-10-11-5-3-4-6-13(11)20-14/h3-6,10,12,19H,2,7-9H2,1H3. The smallest absolute Gasteiger partial charge is 0.389 e. The van der Waals surface area contributed by atoms with Crippen LogP contribution in [-0.2, 0) is 0 Å². The number of fused-ring (bicyclic) bond motifs is 1. The summed E-state index contributed by atoms with van der Waals surface area (Å²) in [5.74, 6) is 0.573. The Kier molecular flexibility index (Phi) is 4.70. The van der Waals surface area contributed by atoms with Gasteiger partial charge in [0, 0.05) is 11.8 Å². The Morgan fingerprint density at radius 2 is 2.00 bits per heavy atom. The van der Waals surface area contributed by atoms with Crippen molar-refractivity contribution in [2.75, 3.05) is 6.54 Å². The summed E-state index contributed by atoms with van der Waals surface area (Å²) in [7, 11) is 0. The maximum Gasteiger partial charge on any atom is 0.389 e. The number of hydrogen-bond donors (Lipinski definition) is 1. The van der Waals surface area contributed by atoms with Crippen LogP contribution in [0.3, 0.4) is 0 Å². The number of alkyl halides is 3. The summed E-state index contributed by atoms with van der Waals surface area (Å²) in [5.41, 5.74) is 0.706. The van der Waals surface area contributed by atoms with Crippen molar-refractivity contribution in [1.82, 2.24) is 5.32 Å². The zero-order chi connectivity index (χ0) is 14.6. The molecule has 1 atom stereocenters. The fourth-order valence-corrected chi connectivity index (χ4v) is 2.15. The van der Waals surface area contributed by atoms with E-state index in [-0.39, 0.29) is 6.42 Å². The molecule has 5 heteroatoms. The van der Waals surface area contributed by atoms with Crippen LogP contribution in [0.2, 0.25) is 0 Å². The van der Waals surface area contributed by atoms with Crippen LogP contribution in [0.5, 0.6) is 0 Å². The third-order valence-electron chi connectivity index (χ3n) is 3.15. The van der Waals surface area contributed by atoms with Crippen LogP contribution < -0.4 is 5.32 Å². The van der Waals surface area contributed by atoms with Crippen LogP contribution in [0.25, 0.3) is 11.0 Å². The third-order valence-corrected chi connectivity index (χ3v) is 3.15. The molecule has 0 spiro atoms. The molecule has 1 aromatic heterocycles. The number of benzene rings is 1. The van der Waals surface area contributed by atoms with E-state index in [4.69, 9.17) is 4.42 Å². The number of halogens is 3. The van der Waals surface area contributed by atoms with Crippen LogP contribution >= 0.6 is 0 Å². The van der Waals surface area contributed by atoms with Gasteiger partial charge in [-0.15, -0.1) is 0 Å². The van der Waals surface area contributed by atoms with E-state index in [1.807, 2.05) is 37.3 Å². The first-order valence-corrected chi connectivity index (χ1v) is 6.78. The second kappa shape index (κ2) is 6.31. The lowest BCUT2D eigenvalue weighted by Gasteiger charge is -2.17. The highest BCUT2D eigenvalue weighted by molar-refractivity contribution is 5.77. The van der Waals surface area contributed by atoms with E-state index >= 15 is 0 Å². The molecule has 0 fully saturated rings. The van der Waals surface area contributed by atoms with Gasteiger partial charge >= 0.3 is 6.18 Å². The highest BCUT2D eigenvalue weighted by Crippen LogP contribution is 2.30. The summed E-state index contributed by atoms with van der Waals surface area (Å²) in [6, 6.07) is 8.86. The number of para-hydroxylation sites is 1. The number of nitrogens with one attached hydrogen (secondary N) is 1. The van der Waals surface area contributed by atoms with Crippen LogP contribution in [0, 0.1) is 0 Å². The van der Waals surface area contributed by atoms with Gasteiger partial charge in [0.05, 0.1) is 6.04 Å². The molecule has 2 rings (SSSR count). The van der Waals surface area contributed by atoms with E-state index in [1.165, 1.54) is 0 Å². The molecule has 0 aliphatic carbocycles. The maximum absolute atomic E-state index is 12.4. The van der Waals surface area contributed by atoms with Gasteiger partial charge in [-0.3, -0.25) is 0 Å². The summed E-state index contributed by atoms with van der Waals surface area (Å²) in [6.45, 7) is 2.64. The number of rotatable bonds is 6. The average molecular weight is 285 g/mol. The monoisotopic (exact) mass is 285 g/mol. The molecule has 0 bridgehead atoms. The van der Waals surface area contributed by atoms with Gasteiger partial charge in [-0.05, 0) is 31.5 Å². The predicted octanol–water partition coefficient (Wildman–Crippen LogP) is 4.82. The number of hydrogen-bond acceptors (Lipinski definition) is 2. The van der Waals surface area contributed by atoms with E-state index in [2.05, 4.69) is 5.32 Å². The Bertz CT molecular complexity index is 514. The van der Waals surface area contributed by atoms with Gasteiger partial charge < -0.3 is 9.73 Å². The van der Waals surface area contributed by atoms with E-state index in [0.717, 1.165) is 11.8 Å². The molecule has 0 saturated heterocycles. The normalized spacial score (nSPS) is 13.8. The summed E-state index contributed by atoms with van der Waals surface area (Å²) < 4.78 is 42.9. The fourth-order valence-electron chi connectivity index (χ4n) is 2.15. The molecule has 20 heavy (non-hydrogen) atoms. The summed E-state index contributed by atoms with van der Waals surface area (Å²) in [4.78, 5) is 0. The highest BCUT2D eigenvalue weighted by atomic mass is 19.4. The van der Waals surface area contributed by atoms with Crippen LogP contribution in [0.1, 0.15) is 38.0 Å². The molecule has 0 radical (unpaired) electrons. The molecule has 1 N–H and O–H groups in total. The minimum absolute atomic E-state index is 0.0106. The molecule has 0 saturated carbocycles. The van der Waals surface area contributed by atoms with Gasteiger partial charge in [0.1, 0.15) is 11.3 Å². The molecule has 1 unspecified atom stereocenters. The Balaban J connectivity index is 2.16. The van der Waals surface area contributed by atoms with Crippen LogP contribution in [0.15, 0.2) is 34.7 Å². The molecular formula is C15H18F3NO. The third kappa shape index (κ3) is 4.00. The first-order valence-electron chi connectivity index (χ1n) is 6.78. The van der Waals surface area contributed by atoms with Gasteiger partial charge in [-0.1, -0.05) is 25.1 Å². The molecule has 0 aliphatic heterocycles. The van der Waals surface area contributed by atoms with Crippen molar-refractivity contribution in [3.8, 4) is 0 Å². The molecule has 1 heterocycles. The zero-order valence-corrected chi connectivity index (χ0v) is 11.3. The average Bonchev–Trinajstić information content (AvgIpc) is 2.81. The van der Waals surface area contributed by atoms with Gasteiger partial charge in [0.25, 0.3) is 0 Å². The lowest BCUT2D eigenvalue weighted by atomic mass is 10.1. The van der Waals surface area contributed by atoms with Crippen molar-refractivity contribution in [1.29, 1.82) is 0 Å². The second-order valence-electron chi connectivity index (χ2n) is 4.85. The summed E-state index contributed by atoms with van der Waals surface area (Å²) in [6.07, 6.45) is -4.10. The zero-order valence-electron chi connectivity index (χ0n) is 11.3. The van der Waals surface area contributed by atoms with Gasteiger partial charge in [0.15, 0.2) is 0 Å². The molecule has 1 aromatic carbocycles. The van der Waals surface area contributed by atoms with Crippen molar-refractivity contribution in [2.45, 2.75) is 38.4 Å². The molecule has 2 aromatic rings. The van der Waals surface area contributed by atoms with Crippen molar-refractivity contribution in [2.24, 2.45) is 0 Å². The second-order valence-corrected chi connectivity index (χ2v) is 4.85. The van der Waals surface area contributed by atoms with E-state index in [0.29, 0.717) is 17.9 Å². The largest absolute Gasteiger partial charge is 0.459 e. The van der Waals surface area contributed by atoms with Gasteiger partial charge in [-0.2, -0.15) is 13.2 Å². The fraction of sp³-hybridized carbons (Fsp3) is 0.467. The summed E-state index contributed by atoms with van der Waals surface area (Å²) in [5, 5.41) is 4.04. The lowest BCUT2D eigenvalue weighted by Crippen LogP contribution is -2.23. The Morgan fingerprint density at radius 3 is 2.65 bits per heavy atom. The van der Waals surface area contributed by atoms with Crippen LogP contribution in [0.4, 0.5) is 13.2 Å². The van der Waals surface area contributed by atoms with Crippen LogP contribution in [-0.4, -0.2) is 12.7 Å². The van der Waals surface area contributed by atoms with Gasteiger partial charge in [0.2, 0.25) is 0 Å². The van der Waals surface area contributed by atoms with Crippen molar-refractivity contribution in [3.63, 3.8) is 0 Å². The van der Waals surface area contributed by atoms with E-state index in [9.17, 15) is 13.2 Å². The SMILES string of the molecule is CCCNC(CCC(F)(F)F)c1cc2ccccc2o1. The van der Waals surface area contributed by atoms with E-state index < -0.39 is 18.6 Å². The minimum Gasteiger partial charge on any atom is -0.459 e. The quantitative estimate of drug-likeness (QED) is 0.823. The van der Waals surface area contributed by atoms with Crippen molar-refractivity contribution in [3.05, 3.63) is 36.1 Å². The topological polar surface area (TPSA) is 25.2 Å². The first kappa shape index (κ1) is 14.9. The lowest BCUT2D eigenvalue weighted by molar-refractivity contribution is -0.136. The van der Waals surface area contributed by atoms with Crippen molar-refractivity contribution >= 4 is 11.0 Å². The molecular weight excluding hydrogens is 267 g/mol. The Labute approximate surface area is 116 Å². The maximum atomic E-state index is 12.4. The number of furan rings is 1. The van der Waals surface area contributed by atoms with Crippen molar-refractivity contribution < 1.29 is 17.6 Å². The Morgan fingerprint density at radius 1 is 1.25 bits per heavy atom. The highest BCUT2D eigenvalue weighted by Gasteiger charge is 2.29.